The molecular formula is C78H64O2. The average Bonchev–Trinajstić information content (AvgIpc) is 4.33. The van der Waals surface area contributed by atoms with Crippen LogP contribution in [0.1, 0.15) is 105 Å². The molecule has 0 saturated carbocycles. The lowest BCUT2D eigenvalue weighted by molar-refractivity contribution is 0.589. The Kier molecular flexibility index (Phi) is 9.31. The van der Waals surface area contributed by atoms with Gasteiger partial charge in [0, 0.05) is 21.5 Å². The predicted octanol–water partition coefficient (Wildman–Crippen LogP) is 23.1. The van der Waals surface area contributed by atoms with Crippen molar-refractivity contribution in [3.05, 3.63) is 192 Å². The van der Waals surface area contributed by atoms with Gasteiger partial charge in [0.1, 0.15) is 22.3 Å². The summed E-state index contributed by atoms with van der Waals surface area (Å²) in [6.45, 7) is 28.2. The van der Waals surface area contributed by atoms with Crippen LogP contribution in [0.25, 0.3) is 165 Å². The summed E-state index contributed by atoms with van der Waals surface area (Å²) in [6.07, 6.45) is 0. The van der Waals surface area contributed by atoms with Gasteiger partial charge in [-0.15, -0.1) is 0 Å². The van der Waals surface area contributed by atoms with Gasteiger partial charge in [-0.2, -0.15) is 0 Å². The first-order chi connectivity index (χ1) is 38.2. The van der Waals surface area contributed by atoms with Crippen molar-refractivity contribution in [3.63, 3.8) is 0 Å². The minimum atomic E-state index is -0.0492. The molecule has 0 N–H and O–H groups in total. The third kappa shape index (κ3) is 6.66. The molecule has 80 heavy (non-hydrogen) atoms. The van der Waals surface area contributed by atoms with E-state index in [4.69, 9.17) is 8.83 Å². The highest BCUT2D eigenvalue weighted by molar-refractivity contribution is 6.31. The van der Waals surface area contributed by atoms with Gasteiger partial charge in [-0.1, -0.05) is 168 Å². The van der Waals surface area contributed by atoms with Crippen LogP contribution < -0.4 is 0 Å². The van der Waals surface area contributed by atoms with Crippen LogP contribution in [0, 0.1) is 0 Å². The van der Waals surface area contributed by atoms with Gasteiger partial charge in [0.05, 0.1) is 0 Å². The largest absolute Gasteiger partial charge is 0.456 e. The topological polar surface area (TPSA) is 26.3 Å². The van der Waals surface area contributed by atoms with Crippen LogP contribution in [-0.2, 0) is 21.7 Å². The third-order valence-electron chi connectivity index (χ3n) is 18.5. The fraction of sp³-hybridized carbons (Fsp3) is 0.205. The molecule has 2 aliphatic carbocycles. The molecule has 0 aliphatic heterocycles. The first-order valence-corrected chi connectivity index (χ1v) is 28.8. The molecule has 0 amide bonds. The highest BCUT2D eigenvalue weighted by atomic mass is 16.3. The Labute approximate surface area is 467 Å². The molecule has 0 fully saturated rings. The Bertz CT molecular complexity index is 4800. The zero-order valence-electron chi connectivity index (χ0n) is 48.0. The van der Waals surface area contributed by atoms with E-state index in [0.717, 1.165) is 43.9 Å². The highest BCUT2D eigenvalue weighted by Crippen LogP contribution is 2.57. The van der Waals surface area contributed by atoms with Crippen molar-refractivity contribution < 1.29 is 8.83 Å². The van der Waals surface area contributed by atoms with E-state index in [2.05, 4.69) is 253 Å². The van der Waals surface area contributed by atoms with Crippen LogP contribution in [0.5, 0.6) is 0 Å². The van der Waals surface area contributed by atoms with Gasteiger partial charge in [0.25, 0.3) is 0 Å². The zero-order valence-corrected chi connectivity index (χ0v) is 48.0. The molecule has 2 aromatic heterocycles. The van der Waals surface area contributed by atoms with Gasteiger partial charge in [0.15, 0.2) is 0 Å². The fourth-order valence-electron chi connectivity index (χ4n) is 14.1. The summed E-state index contributed by atoms with van der Waals surface area (Å²) in [4.78, 5) is 0. The van der Waals surface area contributed by atoms with E-state index in [-0.39, 0.29) is 21.7 Å². The first-order valence-electron chi connectivity index (χ1n) is 28.8. The average molecular weight is 1030 g/mol. The van der Waals surface area contributed by atoms with E-state index in [1.807, 2.05) is 0 Å². The molecule has 0 spiro atoms. The van der Waals surface area contributed by atoms with Crippen molar-refractivity contribution >= 4 is 97.7 Å². The molecule has 2 aliphatic rings. The molecule has 0 atom stereocenters. The van der Waals surface area contributed by atoms with E-state index in [0.29, 0.717) is 0 Å². The zero-order chi connectivity index (χ0) is 54.8. The van der Waals surface area contributed by atoms with Gasteiger partial charge in [-0.05, 0) is 249 Å². The molecule has 0 unspecified atom stereocenters. The Morgan fingerprint density at radius 2 is 0.500 bits per heavy atom. The number of para-hydroxylation sites is 2. The monoisotopic (exact) mass is 1030 g/mol. The molecule has 2 heterocycles. The van der Waals surface area contributed by atoms with Crippen molar-refractivity contribution in [2.24, 2.45) is 0 Å². The van der Waals surface area contributed by atoms with Crippen LogP contribution in [0.2, 0.25) is 0 Å². The molecule has 0 radical (unpaired) electrons. The first kappa shape index (κ1) is 47.5. The van der Waals surface area contributed by atoms with Crippen molar-refractivity contribution in [1.29, 1.82) is 0 Å². The standard InChI is InChI=1S/C78H64O2/c1-75(2,3)43-27-41-29-45(77(7,8)9)33-65-61-39-57-53(37-59(61)63(31-43)71(41)65)51(47-21-17-25-69-73(47)49-19-13-15-23-67(49)79-69)35-56-55(57)36-52(48-22-18-26-70-74(48)50-20-14-16-24-68(50)80-70)54-38-60-62(40-58(54)56)66-34-46(78(10,11)12)30-42-28-44(76(4,5)6)32-64(60)72(42)66/h13-40H,1-12H3. The Balaban J connectivity index is 1.11. The number of rotatable bonds is 2. The van der Waals surface area contributed by atoms with Crippen LogP contribution in [0.3, 0.4) is 0 Å². The molecular weight excluding hydrogens is 969 g/mol. The summed E-state index contributed by atoms with van der Waals surface area (Å²) < 4.78 is 13.4. The van der Waals surface area contributed by atoms with E-state index < -0.39 is 0 Å². The Morgan fingerprint density at radius 3 is 0.838 bits per heavy atom. The van der Waals surface area contributed by atoms with E-state index in [1.54, 1.807) is 0 Å². The predicted molar refractivity (Wildman–Crippen MR) is 343 cm³/mol. The molecule has 388 valence electrons. The minimum Gasteiger partial charge on any atom is -0.456 e. The lowest BCUT2D eigenvalue weighted by Gasteiger charge is -2.23. The van der Waals surface area contributed by atoms with Crippen LogP contribution in [0.4, 0.5) is 0 Å². The Hall–Kier alpha value is -8.46. The van der Waals surface area contributed by atoms with E-state index >= 15 is 0 Å². The molecule has 12 aromatic carbocycles. The molecule has 2 nitrogen and oxygen atoms in total. The van der Waals surface area contributed by atoms with E-state index in [1.165, 1.54) is 143 Å². The summed E-state index contributed by atoms with van der Waals surface area (Å²) in [7, 11) is 0. The maximum Gasteiger partial charge on any atom is 0.136 e. The summed E-state index contributed by atoms with van der Waals surface area (Å²) in [5, 5.41) is 17.3. The van der Waals surface area contributed by atoms with Gasteiger partial charge in [0.2, 0.25) is 0 Å². The maximum absolute atomic E-state index is 6.71. The number of hydrogen-bond donors (Lipinski definition) is 0. The Morgan fingerprint density at radius 1 is 0.212 bits per heavy atom. The quantitative estimate of drug-likeness (QED) is 0.161. The summed E-state index contributed by atoms with van der Waals surface area (Å²) >= 11 is 0. The van der Waals surface area contributed by atoms with Gasteiger partial charge in [-0.25, -0.2) is 0 Å². The summed E-state index contributed by atoms with van der Waals surface area (Å²) in [5.74, 6) is 0. The number of furan rings is 2. The molecule has 14 aromatic rings. The third-order valence-corrected chi connectivity index (χ3v) is 18.5. The second-order valence-corrected chi connectivity index (χ2v) is 27.7. The van der Waals surface area contributed by atoms with Gasteiger partial charge in [-0.3, -0.25) is 0 Å². The number of benzene rings is 12. The second-order valence-electron chi connectivity index (χ2n) is 27.7. The minimum absolute atomic E-state index is 0.0432. The molecule has 16 rings (SSSR count). The summed E-state index contributed by atoms with van der Waals surface area (Å²) in [5.41, 5.74) is 24.0. The van der Waals surface area contributed by atoms with Crippen molar-refractivity contribution in [2.75, 3.05) is 0 Å². The molecule has 0 bridgehead atoms. The second kappa shape index (κ2) is 15.7. The van der Waals surface area contributed by atoms with Crippen LogP contribution in [-0.4, -0.2) is 0 Å². The molecule has 2 heteroatoms. The fourth-order valence-corrected chi connectivity index (χ4v) is 14.1. The van der Waals surface area contributed by atoms with Crippen molar-refractivity contribution in [2.45, 2.75) is 105 Å². The van der Waals surface area contributed by atoms with Crippen molar-refractivity contribution in [3.8, 4) is 66.8 Å². The lowest BCUT2D eigenvalue weighted by atomic mass is 9.81. The normalized spacial score (nSPS) is 13.5. The number of fused-ring (bicyclic) bond motifs is 17. The smallest absolute Gasteiger partial charge is 0.136 e. The van der Waals surface area contributed by atoms with Gasteiger partial charge < -0.3 is 8.83 Å². The highest BCUT2D eigenvalue weighted by Gasteiger charge is 2.32. The van der Waals surface area contributed by atoms with E-state index in [9.17, 15) is 0 Å². The SMILES string of the molecule is CC(C)(C)c1cc2c3c(cc(C(C)(C)C)cc3c1)-c1cc3c(cc1-2)c(-c1cccc2oc4ccccc4c12)cc1c2cc4c(cc2c(-c2cccc5oc6ccccc6c25)cc31)-c1cc(C(C)(C)C)cc2cc(C(C)(C)C)cc-4c12. The maximum atomic E-state index is 6.71. The number of hydrogen-bond acceptors (Lipinski definition) is 2. The van der Waals surface area contributed by atoms with Crippen molar-refractivity contribution in [1.82, 2.24) is 0 Å². The van der Waals surface area contributed by atoms with Gasteiger partial charge >= 0.3 is 0 Å². The summed E-state index contributed by atoms with van der Waals surface area (Å²) in [6, 6.07) is 65.7. The molecule has 0 saturated heterocycles. The van der Waals surface area contributed by atoms with Crippen LogP contribution >= 0.6 is 0 Å². The van der Waals surface area contributed by atoms with Crippen LogP contribution in [0.15, 0.2) is 179 Å². The lowest BCUT2D eigenvalue weighted by Crippen LogP contribution is -2.12.